The van der Waals surface area contributed by atoms with Gasteiger partial charge >= 0.3 is 0 Å². The first kappa shape index (κ1) is 19.7. The number of carbonyl (C=O) groups excluding carboxylic acids is 2. The van der Waals surface area contributed by atoms with Gasteiger partial charge in [0.25, 0.3) is 0 Å². The second-order valence-electron chi connectivity index (χ2n) is 10.6. The van der Waals surface area contributed by atoms with E-state index in [1.807, 2.05) is 6.92 Å². The first-order valence-corrected chi connectivity index (χ1v) is 11.4. The van der Waals surface area contributed by atoms with Crippen LogP contribution in [-0.2, 0) is 14.4 Å². The third kappa shape index (κ3) is 2.93. The molecule has 8 atom stereocenters. The summed E-state index contributed by atoms with van der Waals surface area (Å²) in [5, 5.41) is 3.29. The van der Waals surface area contributed by atoms with Gasteiger partial charge in [-0.1, -0.05) is 19.9 Å². The fourth-order valence-corrected chi connectivity index (χ4v) is 7.38. The summed E-state index contributed by atoms with van der Waals surface area (Å²) in [7, 11) is 0. The molecule has 6 heteroatoms. The van der Waals surface area contributed by atoms with E-state index in [-0.39, 0.29) is 40.8 Å². The number of alkyl halides is 1. The van der Waals surface area contributed by atoms with E-state index in [1.165, 1.54) is 0 Å². The van der Waals surface area contributed by atoms with Crippen molar-refractivity contribution in [1.29, 1.82) is 0 Å². The van der Waals surface area contributed by atoms with Gasteiger partial charge in [0, 0.05) is 30.0 Å². The van der Waals surface area contributed by atoms with Crippen LogP contribution in [0.2, 0.25) is 0 Å². The Hall–Kier alpha value is -1.27. The fourth-order valence-electron chi connectivity index (χ4n) is 7.38. The average Bonchev–Trinajstić information content (AvgIpc) is 3.29. The van der Waals surface area contributed by atoms with Crippen molar-refractivity contribution in [3.63, 3.8) is 0 Å². The first-order chi connectivity index (χ1) is 13.8. The van der Waals surface area contributed by atoms with Crippen molar-refractivity contribution in [3.05, 3.63) is 11.8 Å². The number of nitrogens with one attached hydrogen (secondary N) is 2. The minimum absolute atomic E-state index is 0.0205. The van der Waals surface area contributed by atoms with E-state index in [4.69, 9.17) is 4.84 Å². The molecule has 0 amide bonds. The Morgan fingerprint density at radius 2 is 2.03 bits per heavy atom. The van der Waals surface area contributed by atoms with Crippen LogP contribution in [0.15, 0.2) is 11.8 Å². The molecular formula is C23H33FN2O3. The van der Waals surface area contributed by atoms with Crippen molar-refractivity contribution in [2.75, 3.05) is 13.1 Å². The number of halogens is 1. The number of hydrogen-bond donors (Lipinski definition) is 2. The Labute approximate surface area is 172 Å². The molecule has 160 valence electrons. The first-order valence-electron chi connectivity index (χ1n) is 11.4. The number of allylic oxidation sites excluding steroid dienone is 2. The molecule has 0 aromatic rings. The molecule has 1 saturated heterocycles. The van der Waals surface area contributed by atoms with Crippen molar-refractivity contribution < 1.29 is 18.8 Å². The van der Waals surface area contributed by atoms with E-state index in [9.17, 15) is 14.0 Å². The van der Waals surface area contributed by atoms with Crippen molar-refractivity contribution in [3.8, 4) is 0 Å². The van der Waals surface area contributed by atoms with E-state index in [2.05, 4.69) is 23.8 Å². The molecule has 1 heterocycles. The quantitative estimate of drug-likeness (QED) is 0.708. The van der Waals surface area contributed by atoms with Crippen LogP contribution in [0, 0.1) is 34.5 Å². The van der Waals surface area contributed by atoms with Gasteiger partial charge in [-0.2, -0.15) is 0 Å². The third-order valence-electron chi connectivity index (χ3n) is 9.15. The number of fused-ring (bicyclic) bond motifs is 5. The highest BCUT2D eigenvalue weighted by atomic mass is 19.1. The molecule has 3 saturated carbocycles. The van der Waals surface area contributed by atoms with Crippen LogP contribution in [0.25, 0.3) is 0 Å². The summed E-state index contributed by atoms with van der Waals surface area (Å²) in [6.45, 7) is 6.05. The van der Waals surface area contributed by atoms with Crippen molar-refractivity contribution in [2.24, 2.45) is 34.5 Å². The Bertz CT molecular complexity index is 748. The molecule has 8 unspecified atom stereocenters. The highest BCUT2D eigenvalue weighted by Gasteiger charge is 2.63. The molecule has 29 heavy (non-hydrogen) atoms. The van der Waals surface area contributed by atoms with Gasteiger partial charge in [-0.15, -0.1) is 0 Å². The zero-order valence-corrected chi connectivity index (χ0v) is 17.5. The maximum absolute atomic E-state index is 14.3. The van der Waals surface area contributed by atoms with Crippen molar-refractivity contribution in [2.45, 2.75) is 71.1 Å². The normalized spacial score (nSPS) is 49.3. The number of hydrogen-bond acceptors (Lipinski definition) is 5. The summed E-state index contributed by atoms with van der Waals surface area (Å²) in [6, 6.07) is 0. The highest BCUT2D eigenvalue weighted by molar-refractivity contribution is 5.92. The van der Waals surface area contributed by atoms with Crippen LogP contribution in [0.4, 0.5) is 4.39 Å². The van der Waals surface area contributed by atoms with Gasteiger partial charge in [-0.05, 0) is 68.2 Å². The molecule has 5 nitrogen and oxygen atoms in total. The zero-order valence-electron chi connectivity index (χ0n) is 17.5. The molecule has 5 aliphatic rings. The maximum atomic E-state index is 14.3. The molecular weight excluding hydrogens is 371 g/mol. The molecule has 2 N–H and O–H groups in total. The molecule has 1 aliphatic heterocycles. The predicted molar refractivity (Wildman–Crippen MR) is 106 cm³/mol. The minimum atomic E-state index is -1.34. The number of carbonyl (C=O) groups is 2. The molecule has 0 bridgehead atoms. The lowest BCUT2D eigenvalue weighted by Crippen LogP contribution is -2.55. The van der Waals surface area contributed by atoms with Gasteiger partial charge in [0.2, 0.25) is 0 Å². The lowest BCUT2D eigenvalue weighted by atomic mass is 9.46. The summed E-state index contributed by atoms with van der Waals surface area (Å²) in [5.74, 6) is 0.499. The Balaban J connectivity index is 1.36. The SMILES string of the molecule is CC12CCC3C(CC(=O)C4C=C(NOC5CCNC5)CCC43C)C1CC(F)C2=O. The lowest BCUT2D eigenvalue weighted by Gasteiger charge is -2.57. The number of ketones is 2. The highest BCUT2D eigenvalue weighted by Crippen LogP contribution is 2.64. The van der Waals surface area contributed by atoms with E-state index >= 15 is 0 Å². The third-order valence-corrected chi connectivity index (χ3v) is 9.15. The van der Waals surface area contributed by atoms with Crippen LogP contribution < -0.4 is 10.8 Å². The smallest absolute Gasteiger partial charge is 0.173 e. The molecule has 0 aromatic heterocycles. The molecule has 4 fully saturated rings. The Morgan fingerprint density at radius 3 is 2.79 bits per heavy atom. The largest absolute Gasteiger partial charge is 0.314 e. The maximum Gasteiger partial charge on any atom is 0.173 e. The molecule has 4 aliphatic carbocycles. The van der Waals surface area contributed by atoms with Crippen LogP contribution in [0.3, 0.4) is 0 Å². The van der Waals surface area contributed by atoms with E-state index < -0.39 is 11.6 Å². The Morgan fingerprint density at radius 1 is 1.21 bits per heavy atom. The fraction of sp³-hybridized carbons (Fsp3) is 0.826. The summed E-state index contributed by atoms with van der Waals surface area (Å²) in [4.78, 5) is 31.6. The summed E-state index contributed by atoms with van der Waals surface area (Å²) in [5.41, 5.74) is 3.49. The van der Waals surface area contributed by atoms with Crippen molar-refractivity contribution >= 4 is 11.6 Å². The lowest BCUT2D eigenvalue weighted by molar-refractivity contribution is -0.150. The van der Waals surface area contributed by atoms with Gasteiger partial charge in [0.1, 0.15) is 5.78 Å². The molecule has 5 rings (SSSR count). The number of Topliss-reactive ketones (excluding diaryl/α,β-unsaturated/α-hetero) is 2. The van der Waals surface area contributed by atoms with Gasteiger partial charge in [0.05, 0.1) is 6.10 Å². The standard InChI is InChI=1S/C23H33FN2O3/c1-22-6-3-13(26-29-14-5-8-25-12-14)9-18(22)20(27)10-15-16(22)4-7-23(2)17(15)11-19(24)21(23)28/h9,14-19,25-26H,3-8,10-12H2,1-2H3. The monoisotopic (exact) mass is 404 g/mol. The van der Waals surface area contributed by atoms with Crippen LogP contribution in [0.1, 0.15) is 58.8 Å². The van der Waals surface area contributed by atoms with E-state index in [0.29, 0.717) is 18.8 Å². The second kappa shape index (κ2) is 6.88. The topological polar surface area (TPSA) is 67.4 Å². The second-order valence-corrected chi connectivity index (χ2v) is 10.6. The summed E-state index contributed by atoms with van der Waals surface area (Å²) < 4.78 is 14.3. The van der Waals surface area contributed by atoms with Crippen LogP contribution in [-0.4, -0.2) is 36.9 Å². The average molecular weight is 405 g/mol. The Kier molecular flexibility index (Phi) is 4.67. The molecule has 0 radical (unpaired) electrons. The van der Waals surface area contributed by atoms with Crippen molar-refractivity contribution in [1.82, 2.24) is 10.8 Å². The minimum Gasteiger partial charge on any atom is -0.314 e. The van der Waals surface area contributed by atoms with Gasteiger partial charge in [-0.3, -0.25) is 19.9 Å². The van der Waals surface area contributed by atoms with Crippen LogP contribution in [0.5, 0.6) is 0 Å². The van der Waals surface area contributed by atoms with Gasteiger partial charge in [-0.25, -0.2) is 4.39 Å². The van der Waals surface area contributed by atoms with Gasteiger partial charge < -0.3 is 5.32 Å². The summed E-state index contributed by atoms with van der Waals surface area (Å²) >= 11 is 0. The van der Waals surface area contributed by atoms with Gasteiger partial charge in [0.15, 0.2) is 12.0 Å². The van der Waals surface area contributed by atoms with E-state index in [0.717, 1.165) is 50.9 Å². The number of hydroxylamine groups is 1. The summed E-state index contributed by atoms with van der Waals surface area (Å²) in [6.07, 6.45) is 6.25. The van der Waals surface area contributed by atoms with Crippen LogP contribution >= 0.6 is 0 Å². The molecule has 0 aromatic carbocycles. The predicted octanol–water partition coefficient (Wildman–Crippen LogP) is 3.10. The zero-order chi connectivity index (χ0) is 20.4. The van der Waals surface area contributed by atoms with E-state index in [1.54, 1.807) is 0 Å². The molecule has 0 spiro atoms. The number of rotatable bonds is 3.